The first kappa shape index (κ1) is 15.5. The molecule has 1 aliphatic heterocycles. The Bertz CT molecular complexity index is 568. The van der Waals surface area contributed by atoms with Crippen molar-refractivity contribution in [1.82, 2.24) is 4.31 Å². The molecule has 0 radical (unpaired) electrons. The lowest BCUT2D eigenvalue weighted by atomic mass is 10.1. The van der Waals surface area contributed by atoms with Crippen molar-refractivity contribution in [3.05, 3.63) is 29.3 Å². The van der Waals surface area contributed by atoms with Crippen LogP contribution in [-0.4, -0.2) is 37.0 Å². The van der Waals surface area contributed by atoms with E-state index in [1.54, 1.807) is 12.1 Å². The van der Waals surface area contributed by atoms with Gasteiger partial charge in [-0.25, -0.2) is 8.42 Å². The first-order valence-corrected chi connectivity index (χ1v) is 8.61. The number of aliphatic hydroxyl groups excluding tert-OH is 1. The number of aliphatic hydroxyl groups is 1. The largest absolute Gasteiger partial charge is 0.395 e. The average molecular weight is 297 g/mol. The second-order valence-corrected chi connectivity index (χ2v) is 7.44. The van der Waals surface area contributed by atoms with Gasteiger partial charge in [0.25, 0.3) is 0 Å². The molecule has 4 nitrogen and oxygen atoms in total. The Morgan fingerprint density at radius 3 is 2.60 bits per heavy atom. The molecule has 0 amide bonds. The summed E-state index contributed by atoms with van der Waals surface area (Å²) in [6.45, 7) is 4.28. The molecule has 112 valence electrons. The zero-order valence-electron chi connectivity index (χ0n) is 12.2. The van der Waals surface area contributed by atoms with E-state index in [4.69, 9.17) is 0 Å². The molecule has 1 saturated heterocycles. The third-order valence-electron chi connectivity index (χ3n) is 4.12. The van der Waals surface area contributed by atoms with Crippen LogP contribution >= 0.6 is 0 Å². The summed E-state index contributed by atoms with van der Waals surface area (Å²) < 4.78 is 27.1. The predicted molar refractivity (Wildman–Crippen MR) is 79.1 cm³/mol. The van der Waals surface area contributed by atoms with Gasteiger partial charge in [0, 0.05) is 12.6 Å². The van der Waals surface area contributed by atoms with Crippen LogP contribution in [0, 0.1) is 13.8 Å². The number of nitrogens with zero attached hydrogens (tertiary/aromatic N) is 1. The van der Waals surface area contributed by atoms with Gasteiger partial charge in [-0.3, -0.25) is 0 Å². The number of rotatable bonds is 3. The maximum Gasteiger partial charge on any atom is 0.243 e. The van der Waals surface area contributed by atoms with Crippen LogP contribution in [0.5, 0.6) is 0 Å². The Morgan fingerprint density at radius 1 is 1.20 bits per heavy atom. The van der Waals surface area contributed by atoms with Gasteiger partial charge in [0.1, 0.15) is 0 Å². The Kier molecular flexibility index (Phi) is 4.83. The molecule has 0 spiro atoms. The molecule has 0 aromatic heterocycles. The minimum absolute atomic E-state index is 0.107. The molecule has 1 aromatic carbocycles. The van der Waals surface area contributed by atoms with E-state index >= 15 is 0 Å². The molecule has 2 rings (SSSR count). The highest BCUT2D eigenvalue weighted by Gasteiger charge is 2.32. The third-order valence-corrected chi connectivity index (χ3v) is 6.07. The van der Waals surface area contributed by atoms with Crippen LogP contribution in [0.25, 0.3) is 0 Å². The van der Waals surface area contributed by atoms with E-state index in [0.717, 1.165) is 36.8 Å². The van der Waals surface area contributed by atoms with E-state index in [-0.39, 0.29) is 12.6 Å². The molecule has 1 aliphatic rings. The van der Waals surface area contributed by atoms with Gasteiger partial charge in [0.15, 0.2) is 0 Å². The number of sulfonamides is 1. The zero-order valence-corrected chi connectivity index (χ0v) is 13.0. The van der Waals surface area contributed by atoms with Crippen LogP contribution in [0.4, 0.5) is 0 Å². The van der Waals surface area contributed by atoms with E-state index in [1.165, 1.54) is 4.31 Å². The Hall–Kier alpha value is -0.910. The summed E-state index contributed by atoms with van der Waals surface area (Å²) >= 11 is 0. The lowest BCUT2D eigenvalue weighted by Gasteiger charge is -2.27. The van der Waals surface area contributed by atoms with Gasteiger partial charge in [-0.1, -0.05) is 18.9 Å². The molecule has 0 bridgehead atoms. The van der Waals surface area contributed by atoms with E-state index in [2.05, 4.69) is 0 Å². The van der Waals surface area contributed by atoms with Gasteiger partial charge >= 0.3 is 0 Å². The van der Waals surface area contributed by atoms with E-state index in [1.807, 2.05) is 19.9 Å². The van der Waals surface area contributed by atoms with Crippen molar-refractivity contribution in [3.8, 4) is 0 Å². The fraction of sp³-hybridized carbons (Fsp3) is 0.600. The van der Waals surface area contributed by atoms with Crippen molar-refractivity contribution < 1.29 is 13.5 Å². The summed E-state index contributed by atoms with van der Waals surface area (Å²) in [5.41, 5.74) is 2.06. The summed E-state index contributed by atoms with van der Waals surface area (Å²) in [6.07, 6.45) is 3.60. The van der Waals surface area contributed by atoms with E-state index in [9.17, 15) is 13.5 Å². The maximum atomic E-state index is 12.8. The second-order valence-electron chi connectivity index (χ2n) is 5.55. The molecule has 1 fully saturated rings. The fourth-order valence-electron chi connectivity index (χ4n) is 2.66. The van der Waals surface area contributed by atoms with Crippen molar-refractivity contribution in [2.75, 3.05) is 13.2 Å². The molecular formula is C15H23NO3S. The molecule has 0 aliphatic carbocycles. The monoisotopic (exact) mass is 297 g/mol. The first-order chi connectivity index (χ1) is 9.46. The Balaban J connectivity index is 2.38. The highest BCUT2D eigenvalue weighted by atomic mass is 32.2. The van der Waals surface area contributed by atoms with Crippen LogP contribution in [0.15, 0.2) is 23.1 Å². The smallest absolute Gasteiger partial charge is 0.243 e. The average Bonchev–Trinajstić information content (AvgIpc) is 2.67. The predicted octanol–water partition coefficient (Wildman–Crippen LogP) is 2.23. The maximum absolute atomic E-state index is 12.8. The molecule has 1 atom stereocenters. The summed E-state index contributed by atoms with van der Waals surface area (Å²) in [6, 6.07) is 4.94. The number of benzene rings is 1. The topological polar surface area (TPSA) is 57.6 Å². The van der Waals surface area contributed by atoms with Crippen molar-refractivity contribution in [1.29, 1.82) is 0 Å². The highest BCUT2D eigenvalue weighted by molar-refractivity contribution is 7.89. The van der Waals surface area contributed by atoms with Crippen molar-refractivity contribution in [3.63, 3.8) is 0 Å². The quantitative estimate of drug-likeness (QED) is 0.931. The second kappa shape index (κ2) is 6.24. The molecule has 5 heteroatoms. The number of aryl methyl sites for hydroxylation is 2. The minimum atomic E-state index is -3.51. The van der Waals surface area contributed by atoms with E-state index in [0.29, 0.717) is 11.4 Å². The highest BCUT2D eigenvalue weighted by Crippen LogP contribution is 2.25. The summed E-state index contributed by atoms with van der Waals surface area (Å²) in [5.74, 6) is 0. The van der Waals surface area contributed by atoms with Crippen LogP contribution in [-0.2, 0) is 10.0 Å². The van der Waals surface area contributed by atoms with Gasteiger partial charge in [0.05, 0.1) is 11.5 Å². The van der Waals surface area contributed by atoms with E-state index < -0.39 is 10.0 Å². The summed E-state index contributed by atoms with van der Waals surface area (Å²) in [4.78, 5) is 0.334. The van der Waals surface area contributed by atoms with Crippen LogP contribution in [0.1, 0.15) is 36.8 Å². The molecule has 20 heavy (non-hydrogen) atoms. The molecule has 1 heterocycles. The molecule has 1 unspecified atom stereocenters. The lowest BCUT2D eigenvalue weighted by Crippen LogP contribution is -2.42. The molecular weight excluding hydrogens is 274 g/mol. The normalized spacial score (nSPS) is 21.6. The first-order valence-electron chi connectivity index (χ1n) is 7.17. The van der Waals surface area contributed by atoms with Crippen LogP contribution in [0.3, 0.4) is 0 Å². The standard InChI is InChI=1S/C15H23NO3S/c1-12-7-8-15(10-13(12)2)20(18,19)16-9-5-3-4-6-14(16)11-17/h7-8,10,14,17H,3-6,9,11H2,1-2H3. The molecule has 1 aromatic rings. The SMILES string of the molecule is Cc1ccc(S(=O)(=O)N2CCCCCC2CO)cc1C. The third kappa shape index (κ3) is 3.05. The van der Waals surface area contributed by atoms with Gasteiger partial charge in [-0.15, -0.1) is 0 Å². The minimum Gasteiger partial charge on any atom is -0.395 e. The fourth-order valence-corrected chi connectivity index (χ4v) is 4.43. The zero-order chi connectivity index (χ0) is 14.8. The molecule has 0 saturated carbocycles. The van der Waals surface area contributed by atoms with Gasteiger partial charge < -0.3 is 5.11 Å². The van der Waals surface area contributed by atoms with Gasteiger partial charge in [-0.2, -0.15) is 4.31 Å². The van der Waals surface area contributed by atoms with Crippen LogP contribution < -0.4 is 0 Å². The van der Waals surface area contributed by atoms with Crippen molar-refractivity contribution in [2.45, 2.75) is 50.5 Å². The van der Waals surface area contributed by atoms with Crippen LogP contribution in [0.2, 0.25) is 0 Å². The Morgan fingerprint density at radius 2 is 1.95 bits per heavy atom. The Labute approximate surface area is 121 Å². The van der Waals surface area contributed by atoms with Gasteiger partial charge in [0.2, 0.25) is 10.0 Å². The number of hydrogen-bond acceptors (Lipinski definition) is 3. The van der Waals surface area contributed by atoms with Crippen molar-refractivity contribution >= 4 is 10.0 Å². The summed E-state index contributed by atoms with van der Waals surface area (Å²) in [7, 11) is -3.51. The van der Waals surface area contributed by atoms with Crippen molar-refractivity contribution in [2.24, 2.45) is 0 Å². The summed E-state index contributed by atoms with van der Waals surface area (Å²) in [5, 5.41) is 9.49. The lowest BCUT2D eigenvalue weighted by molar-refractivity contribution is 0.186. The number of hydrogen-bond donors (Lipinski definition) is 1. The molecule has 1 N–H and O–H groups in total. The van der Waals surface area contributed by atoms with Gasteiger partial charge in [-0.05, 0) is 49.9 Å².